The highest BCUT2D eigenvalue weighted by Gasteiger charge is 2.13. The van der Waals surface area contributed by atoms with Crippen LogP contribution in [0.1, 0.15) is 19.4 Å². The van der Waals surface area contributed by atoms with Crippen molar-refractivity contribution in [2.75, 3.05) is 25.6 Å². The topological polar surface area (TPSA) is 74.7 Å². The summed E-state index contributed by atoms with van der Waals surface area (Å²) in [6.45, 7) is 5.36. The number of halogens is 2. The third-order valence-corrected chi connectivity index (χ3v) is 5.84. The zero-order valence-corrected chi connectivity index (χ0v) is 22.1. The fourth-order valence-corrected chi connectivity index (χ4v) is 3.87. The largest absolute Gasteiger partial charge is 0.493 e. The number of anilines is 2. The first kappa shape index (κ1) is 26.4. The van der Waals surface area contributed by atoms with E-state index in [0.29, 0.717) is 48.6 Å². The van der Waals surface area contributed by atoms with Crippen LogP contribution in [0, 0.1) is 0 Å². The Kier molecular flexibility index (Phi) is 9.39. The number of nitrogens with zero attached hydrogens (tertiary/aromatic N) is 2. The predicted octanol–water partition coefficient (Wildman–Crippen LogP) is 6.94. The SMILES string of the molecule is CCOc1cc2ncnc(Nc3ccc(OCc4ccccc4Br)c(OC)c3)c2cc1OCC.Cl. The van der Waals surface area contributed by atoms with Crippen LogP contribution in [0.3, 0.4) is 0 Å². The van der Waals surface area contributed by atoms with E-state index in [-0.39, 0.29) is 12.4 Å². The minimum atomic E-state index is 0. The molecule has 0 amide bonds. The van der Waals surface area contributed by atoms with E-state index in [1.165, 1.54) is 6.33 Å². The maximum atomic E-state index is 6.01. The van der Waals surface area contributed by atoms with E-state index in [1.54, 1.807) is 7.11 Å². The van der Waals surface area contributed by atoms with E-state index in [9.17, 15) is 0 Å². The van der Waals surface area contributed by atoms with Crippen molar-refractivity contribution in [3.8, 4) is 23.0 Å². The quantitative estimate of drug-likeness (QED) is 0.225. The van der Waals surface area contributed by atoms with Gasteiger partial charge in [-0.3, -0.25) is 0 Å². The van der Waals surface area contributed by atoms with E-state index in [2.05, 4.69) is 31.2 Å². The molecule has 1 aromatic heterocycles. The van der Waals surface area contributed by atoms with Crippen molar-refractivity contribution < 1.29 is 18.9 Å². The molecule has 3 aromatic carbocycles. The van der Waals surface area contributed by atoms with Crippen molar-refractivity contribution in [2.45, 2.75) is 20.5 Å². The minimum Gasteiger partial charge on any atom is -0.493 e. The van der Waals surface area contributed by atoms with Crippen molar-refractivity contribution in [1.82, 2.24) is 9.97 Å². The third-order valence-electron chi connectivity index (χ3n) is 5.07. The smallest absolute Gasteiger partial charge is 0.163 e. The number of aromatic nitrogens is 2. The van der Waals surface area contributed by atoms with Crippen LogP contribution in [0.25, 0.3) is 10.9 Å². The van der Waals surface area contributed by atoms with Crippen LogP contribution < -0.4 is 24.3 Å². The molecule has 0 saturated carbocycles. The summed E-state index contributed by atoms with van der Waals surface area (Å²) in [7, 11) is 1.62. The van der Waals surface area contributed by atoms with Crippen molar-refractivity contribution in [2.24, 2.45) is 0 Å². The van der Waals surface area contributed by atoms with Gasteiger partial charge in [-0.05, 0) is 38.1 Å². The molecule has 4 aromatic rings. The van der Waals surface area contributed by atoms with Gasteiger partial charge < -0.3 is 24.3 Å². The molecule has 0 fully saturated rings. The second-order valence-electron chi connectivity index (χ2n) is 7.28. The summed E-state index contributed by atoms with van der Waals surface area (Å²) in [5, 5.41) is 4.18. The van der Waals surface area contributed by atoms with Crippen LogP contribution >= 0.6 is 28.3 Å². The van der Waals surface area contributed by atoms with Crippen molar-refractivity contribution >= 4 is 50.7 Å². The average molecular weight is 561 g/mol. The first-order valence-electron chi connectivity index (χ1n) is 11.0. The molecule has 1 N–H and O–H groups in total. The summed E-state index contributed by atoms with van der Waals surface area (Å²) in [6, 6.07) is 17.4. The van der Waals surface area contributed by atoms with E-state index in [4.69, 9.17) is 18.9 Å². The summed E-state index contributed by atoms with van der Waals surface area (Å²) in [4.78, 5) is 8.85. The molecule has 0 unspecified atom stereocenters. The van der Waals surface area contributed by atoms with Gasteiger partial charge in [-0.25, -0.2) is 9.97 Å². The van der Waals surface area contributed by atoms with Crippen LogP contribution in [-0.2, 0) is 6.61 Å². The molecular weight excluding hydrogens is 534 g/mol. The summed E-state index contributed by atoms with van der Waals surface area (Å²) >= 11 is 3.55. The summed E-state index contributed by atoms with van der Waals surface area (Å²) in [6.07, 6.45) is 1.52. The van der Waals surface area contributed by atoms with Crippen LogP contribution in [-0.4, -0.2) is 30.3 Å². The van der Waals surface area contributed by atoms with Crippen LogP contribution in [0.15, 0.2) is 65.4 Å². The van der Waals surface area contributed by atoms with Gasteiger partial charge in [0.2, 0.25) is 0 Å². The molecule has 7 nitrogen and oxygen atoms in total. The van der Waals surface area contributed by atoms with Gasteiger partial charge in [0.25, 0.3) is 0 Å². The molecule has 0 bridgehead atoms. The maximum Gasteiger partial charge on any atom is 0.163 e. The maximum absolute atomic E-state index is 6.01. The molecule has 0 aliphatic rings. The fraction of sp³-hybridized carbons (Fsp3) is 0.231. The standard InChI is InChI=1S/C26H26BrN3O4.ClH/c1-4-32-24-13-19-21(14-25(24)33-5-2)28-16-29-26(19)30-18-10-11-22(23(12-18)31-3)34-15-17-8-6-7-9-20(17)27;/h6-14,16H,4-5,15H2,1-3H3,(H,28,29,30);1H. The number of hydrogen-bond acceptors (Lipinski definition) is 7. The van der Waals surface area contributed by atoms with Gasteiger partial charge in [0, 0.05) is 33.2 Å². The number of methoxy groups -OCH3 is 1. The Bertz CT molecular complexity index is 1290. The molecule has 0 aliphatic heterocycles. The highest BCUT2D eigenvalue weighted by molar-refractivity contribution is 9.10. The van der Waals surface area contributed by atoms with Gasteiger partial charge in [0.15, 0.2) is 23.0 Å². The summed E-state index contributed by atoms with van der Waals surface area (Å²) < 4.78 is 24.1. The van der Waals surface area contributed by atoms with Gasteiger partial charge in [-0.2, -0.15) is 0 Å². The number of fused-ring (bicyclic) bond motifs is 1. The molecule has 0 saturated heterocycles. The number of ether oxygens (including phenoxy) is 4. The molecule has 35 heavy (non-hydrogen) atoms. The summed E-state index contributed by atoms with van der Waals surface area (Å²) in [5.41, 5.74) is 2.61. The molecule has 0 spiro atoms. The van der Waals surface area contributed by atoms with Gasteiger partial charge in [-0.15, -0.1) is 12.4 Å². The second-order valence-corrected chi connectivity index (χ2v) is 8.13. The molecule has 0 radical (unpaired) electrons. The number of hydrogen-bond donors (Lipinski definition) is 1. The van der Waals surface area contributed by atoms with Crippen molar-refractivity contribution in [3.63, 3.8) is 0 Å². The Morgan fingerprint density at radius 2 is 1.57 bits per heavy atom. The lowest BCUT2D eigenvalue weighted by atomic mass is 10.2. The molecule has 1 heterocycles. The van der Waals surface area contributed by atoms with Gasteiger partial charge in [0.05, 0.1) is 25.8 Å². The molecule has 184 valence electrons. The first-order valence-corrected chi connectivity index (χ1v) is 11.8. The Morgan fingerprint density at radius 3 is 2.29 bits per heavy atom. The van der Waals surface area contributed by atoms with E-state index in [1.807, 2.05) is 68.4 Å². The third kappa shape index (κ3) is 6.26. The van der Waals surface area contributed by atoms with E-state index >= 15 is 0 Å². The van der Waals surface area contributed by atoms with Gasteiger partial charge in [0.1, 0.15) is 18.8 Å². The predicted molar refractivity (Wildman–Crippen MR) is 144 cm³/mol. The van der Waals surface area contributed by atoms with E-state index < -0.39 is 0 Å². The number of rotatable bonds is 10. The second kappa shape index (κ2) is 12.5. The van der Waals surface area contributed by atoms with Crippen molar-refractivity contribution in [3.05, 3.63) is 71.0 Å². The van der Waals surface area contributed by atoms with Gasteiger partial charge >= 0.3 is 0 Å². The molecular formula is C26H27BrClN3O4. The Balaban J connectivity index is 0.00000342. The van der Waals surface area contributed by atoms with Crippen molar-refractivity contribution in [1.29, 1.82) is 0 Å². The normalized spacial score (nSPS) is 10.4. The van der Waals surface area contributed by atoms with E-state index in [0.717, 1.165) is 26.6 Å². The Hall–Kier alpha value is -3.23. The zero-order chi connectivity index (χ0) is 23.9. The average Bonchev–Trinajstić information content (AvgIpc) is 2.85. The summed E-state index contributed by atoms with van der Waals surface area (Å²) in [5.74, 6) is 3.23. The molecule has 9 heteroatoms. The molecule has 4 rings (SSSR count). The minimum absolute atomic E-state index is 0. The number of nitrogens with one attached hydrogen (secondary N) is 1. The molecule has 0 aliphatic carbocycles. The molecule has 0 atom stereocenters. The first-order chi connectivity index (χ1) is 16.6. The highest BCUT2D eigenvalue weighted by atomic mass is 79.9. The van der Waals surface area contributed by atoms with Crippen LogP contribution in [0.2, 0.25) is 0 Å². The Morgan fingerprint density at radius 1 is 0.829 bits per heavy atom. The van der Waals surface area contributed by atoms with Crippen LogP contribution in [0.5, 0.6) is 23.0 Å². The number of benzene rings is 3. The monoisotopic (exact) mass is 559 g/mol. The van der Waals surface area contributed by atoms with Crippen LogP contribution in [0.4, 0.5) is 11.5 Å². The fourth-order valence-electron chi connectivity index (χ4n) is 3.47. The lowest BCUT2D eigenvalue weighted by Gasteiger charge is -2.15. The zero-order valence-electron chi connectivity index (χ0n) is 19.7. The highest BCUT2D eigenvalue weighted by Crippen LogP contribution is 2.36. The lowest BCUT2D eigenvalue weighted by molar-refractivity contribution is 0.284. The Labute approximate surface area is 219 Å². The van der Waals surface area contributed by atoms with Gasteiger partial charge in [-0.1, -0.05) is 34.1 Å². The lowest BCUT2D eigenvalue weighted by Crippen LogP contribution is -2.02.